The van der Waals surface area contributed by atoms with Crippen molar-refractivity contribution in [2.24, 2.45) is 4.99 Å². The SMILES string of the molecule is Cc1ccc(-c2nc(N=Cc3ccc([N+](=O)[O-])cc3)sc2-c2ccc([N+](=O)[O-])cc2)cc1. The molecule has 0 aliphatic carbocycles. The summed E-state index contributed by atoms with van der Waals surface area (Å²) < 4.78 is 0. The van der Waals surface area contributed by atoms with Crippen LogP contribution in [0.2, 0.25) is 0 Å². The van der Waals surface area contributed by atoms with Gasteiger partial charge in [0.15, 0.2) is 0 Å². The molecule has 0 aliphatic heterocycles. The topological polar surface area (TPSA) is 112 Å². The number of nitro groups is 2. The first-order valence-corrected chi connectivity index (χ1v) is 10.3. The van der Waals surface area contributed by atoms with Crippen LogP contribution in [-0.4, -0.2) is 21.0 Å². The zero-order valence-corrected chi connectivity index (χ0v) is 17.7. The van der Waals surface area contributed by atoms with E-state index >= 15 is 0 Å². The standard InChI is InChI=1S/C23H16N4O4S/c1-15-2-6-17(7-3-15)21-22(18-8-12-20(13-9-18)27(30)31)32-23(25-21)24-14-16-4-10-19(11-5-16)26(28)29/h2-14H,1H3. The Hall–Kier alpha value is -4.24. The van der Waals surface area contributed by atoms with Crippen molar-refractivity contribution in [2.75, 3.05) is 0 Å². The highest BCUT2D eigenvalue weighted by atomic mass is 32.1. The van der Waals surface area contributed by atoms with Crippen LogP contribution in [0.5, 0.6) is 0 Å². The fourth-order valence-corrected chi connectivity index (χ4v) is 3.95. The molecule has 4 aromatic rings. The van der Waals surface area contributed by atoms with Crippen molar-refractivity contribution in [3.8, 4) is 21.7 Å². The molecule has 0 saturated carbocycles. The van der Waals surface area contributed by atoms with Gasteiger partial charge in [0.1, 0.15) is 0 Å². The molecule has 0 aliphatic rings. The van der Waals surface area contributed by atoms with Gasteiger partial charge in [0.25, 0.3) is 11.4 Å². The van der Waals surface area contributed by atoms with E-state index in [4.69, 9.17) is 0 Å². The van der Waals surface area contributed by atoms with Gasteiger partial charge in [-0.3, -0.25) is 20.2 Å². The Kier molecular flexibility index (Phi) is 5.82. The highest BCUT2D eigenvalue weighted by molar-refractivity contribution is 7.19. The zero-order valence-electron chi connectivity index (χ0n) is 16.8. The van der Waals surface area contributed by atoms with Crippen LogP contribution in [0.1, 0.15) is 11.1 Å². The fraction of sp³-hybridized carbons (Fsp3) is 0.0435. The van der Waals surface area contributed by atoms with Crippen molar-refractivity contribution in [2.45, 2.75) is 6.92 Å². The van der Waals surface area contributed by atoms with Crippen LogP contribution < -0.4 is 0 Å². The quantitative estimate of drug-likeness (QED) is 0.195. The smallest absolute Gasteiger partial charge is 0.258 e. The lowest BCUT2D eigenvalue weighted by atomic mass is 10.1. The molecule has 0 radical (unpaired) electrons. The summed E-state index contributed by atoms with van der Waals surface area (Å²) in [5.41, 5.74) is 4.32. The van der Waals surface area contributed by atoms with Gasteiger partial charge >= 0.3 is 0 Å². The van der Waals surface area contributed by atoms with E-state index < -0.39 is 9.85 Å². The minimum Gasteiger partial charge on any atom is -0.258 e. The van der Waals surface area contributed by atoms with E-state index in [-0.39, 0.29) is 11.4 Å². The average Bonchev–Trinajstić information content (AvgIpc) is 3.23. The van der Waals surface area contributed by atoms with Gasteiger partial charge in [0.05, 0.1) is 20.4 Å². The number of benzene rings is 3. The first-order valence-electron chi connectivity index (χ1n) is 9.52. The maximum Gasteiger partial charge on any atom is 0.269 e. The molecule has 0 spiro atoms. The van der Waals surface area contributed by atoms with Gasteiger partial charge in [-0.2, -0.15) is 0 Å². The first kappa shape index (κ1) is 21.0. The molecule has 1 heterocycles. The van der Waals surface area contributed by atoms with Crippen molar-refractivity contribution < 1.29 is 9.85 Å². The Labute approximate surface area is 186 Å². The van der Waals surface area contributed by atoms with Crippen LogP contribution in [0.3, 0.4) is 0 Å². The molecule has 0 fully saturated rings. The van der Waals surface area contributed by atoms with Gasteiger partial charge in [0, 0.05) is 36.0 Å². The van der Waals surface area contributed by atoms with Crippen molar-refractivity contribution >= 4 is 34.1 Å². The Balaban J connectivity index is 1.72. The summed E-state index contributed by atoms with van der Waals surface area (Å²) in [6, 6.07) is 20.4. The highest BCUT2D eigenvalue weighted by Gasteiger charge is 2.16. The number of nitrogens with zero attached hydrogens (tertiary/aromatic N) is 4. The number of thiazole rings is 1. The molecule has 0 bridgehead atoms. The molecular weight excluding hydrogens is 428 g/mol. The summed E-state index contributed by atoms with van der Waals surface area (Å²) in [5.74, 6) is 0. The summed E-state index contributed by atoms with van der Waals surface area (Å²) >= 11 is 1.37. The van der Waals surface area contributed by atoms with Gasteiger partial charge in [-0.1, -0.05) is 41.2 Å². The van der Waals surface area contributed by atoms with Gasteiger partial charge in [-0.25, -0.2) is 9.98 Å². The Morgan fingerprint density at radius 1 is 0.812 bits per heavy atom. The van der Waals surface area contributed by atoms with E-state index in [2.05, 4.69) is 9.98 Å². The number of hydrogen-bond donors (Lipinski definition) is 0. The van der Waals surface area contributed by atoms with E-state index in [0.717, 1.165) is 27.3 Å². The summed E-state index contributed by atoms with van der Waals surface area (Å²) in [4.78, 5) is 30.9. The molecule has 158 valence electrons. The molecule has 3 aromatic carbocycles. The Bertz CT molecular complexity index is 1310. The van der Waals surface area contributed by atoms with Crippen LogP contribution in [0.15, 0.2) is 77.8 Å². The number of rotatable bonds is 6. The maximum atomic E-state index is 11.0. The molecule has 0 saturated heterocycles. The highest BCUT2D eigenvalue weighted by Crippen LogP contribution is 2.40. The van der Waals surface area contributed by atoms with E-state index in [0.29, 0.717) is 10.7 Å². The molecule has 0 N–H and O–H groups in total. The van der Waals surface area contributed by atoms with Crippen molar-refractivity contribution in [3.63, 3.8) is 0 Å². The molecule has 0 amide bonds. The summed E-state index contributed by atoms with van der Waals surface area (Å²) in [7, 11) is 0. The third kappa shape index (κ3) is 4.57. The van der Waals surface area contributed by atoms with E-state index in [1.54, 1.807) is 30.5 Å². The number of nitro benzene ring substituents is 2. The predicted molar refractivity (Wildman–Crippen MR) is 125 cm³/mol. The number of aryl methyl sites for hydroxylation is 1. The molecule has 1 aromatic heterocycles. The van der Waals surface area contributed by atoms with Gasteiger partial charge in [-0.05, 0) is 42.3 Å². The van der Waals surface area contributed by atoms with Crippen LogP contribution in [0, 0.1) is 27.2 Å². The minimum atomic E-state index is -0.452. The monoisotopic (exact) mass is 444 g/mol. The lowest BCUT2D eigenvalue weighted by Gasteiger charge is -2.03. The molecule has 0 unspecified atom stereocenters. The summed E-state index contributed by atoms with van der Waals surface area (Å²) in [6.07, 6.45) is 1.60. The Morgan fingerprint density at radius 3 is 1.91 bits per heavy atom. The average molecular weight is 444 g/mol. The zero-order chi connectivity index (χ0) is 22.7. The van der Waals surface area contributed by atoms with E-state index in [1.165, 1.54) is 35.6 Å². The minimum absolute atomic E-state index is 0.0125. The molecule has 9 heteroatoms. The first-order chi connectivity index (χ1) is 15.4. The fourth-order valence-electron chi connectivity index (χ4n) is 3.01. The van der Waals surface area contributed by atoms with Crippen molar-refractivity contribution in [3.05, 3.63) is 104 Å². The molecule has 32 heavy (non-hydrogen) atoms. The van der Waals surface area contributed by atoms with Crippen LogP contribution in [0.4, 0.5) is 16.5 Å². The molecule has 0 atom stereocenters. The van der Waals surface area contributed by atoms with Crippen molar-refractivity contribution in [1.82, 2.24) is 4.98 Å². The van der Waals surface area contributed by atoms with E-state index in [1.807, 2.05) is 31.2 Å². The lowest BCUT2D eigenvalue weighted by molar-refractivity contribution is -0.385. The molecule has 8 nitrogen and oxygen atoms in total. The summed E-state index contributed by atoms with van der Waals surface area (Å²) in [5, 5.41) is 22.3. The lowest BCUT2D eigenvalue weighted by Crippen LogP contribution is -1.88. The van der Waals surface area contributed by atoms with E-state index in [9.17, 15) is 20.2 Å². The van der Waals surface area contributed by atoms with Crippen LogP contribution in [-0.2, 0) is 0 Å². The van der Waals surface area contributed by atoms with Crippen LogP contribution in [0.25, 0.3) is 21.7 Å². The van der Waals surface area contributed by atoms with Gasteiger partial charge < -0.3 is 0 Å². The van der Waals surface area contributed by atoms with Crippen molar-refractivity contribution in [1.29, 1.82) is 0 Å². The van der Waals surface area contributed by atoms with Gasteiger partial charge in [-0.15, -0.1) is 0 Å². The number of hydrogen-bond acceptors (Lipinski definition) is 7. The summed E-state index contributed by atoms with van der Waals surface area (Å²) in [6.45, 7) is 2.00. The largest absolute Gasteiger partial charge is 0.269 e. The third-order valence-electron chi connectivity index (χ3n) is 4.71. The second kappa shape index (κ2) is 8.86. The normalized spacial score (nSPS) is 11.0. The number of non-ortho nitro benzene ring substituents is 2. The second-order valence-electron chi connectivity index (χ2n) is 6.95. The Morgan fingerprint density at radius 2 is 1.34 bits per heavy atom. The number of aromatic nitrogens is 1. The molecular formula is C23H16N4O4S. The third-order valence-corrected chi connectivity index (χ3v) is 5.72. The predicted octanol–water partition coefficient (Wildman–Crippen LogP) is 6.35. The van der Waals surface area contributed by atoms with Gasteiger partial charge in [0.2, 0.25) is 5.13 Å². The second-order valence-corrected chi connectivity index (χ2v) is 7.93. The molecule has 4 rings (SSSR count). The maximum absolute atomic E-state index is 11.0. The van der Waals surface area contributed by atoms with Crippen LogP contribution >= 0.6 is 11.3 Å². The number of aliphatic imine (C=N–C) groups is 1.